The van der Waals surface area contributed by atoms with Crippen LogP contribution in [0.1, 0.15) is 20.8 Å². The van der Waals surface area contributed by atoms with Crippen molar-refractivity contribution < 1.29 is 9.53 Å². The predicted octanol–water partition coefficient (Wildman–Crippen LogP) is 2.82. The van der Waals surface area contributed by atoms with Gasteiger partial charge in [0.2, 0.25) is 0 Å². The molecule has 0 aliphatic carbocycles. The van der Waals surface area contributed by atoms with Crippen molar-refractivity contribution in [1.29, 1.82) is 0 Å². The number of ether oxygens (including phenoxy) is 1. The monoisotopic (exact) mass is 218 g/mol. The molecule has 1 aromatic carbocycles. The maximum atomic E-state index is 11.8. The number of fused-ring (bicyclic) bond motifs is 1. The van der Waals surface area contributed by atoms with E-state index in [9.17, 15) is 4.79 Å². The Kier molecular flexibility index (Phi) is 2.42. The lowest BCUT2D eigenvalue weighted by Gasteiger charge is -2.19. The molecule has 4 nitrogen and oxygen atoms in total. The Labute approximate surface area is 93.8 Å². The average Bonchev–Trinajstić information content (AvgIpc) is 2.58. The predicted molar refractivity (Wildman–Crippen MR) is 61.4 cm³/mol. The van der Waals surface area contributed by atoms with Crippen LogP contribution in [0.25, 0.3) is 10.9 Å². The molecule has 2 aromatic rings. The Morgan fingerprint density at radius 3 is 2.69 bits per heavy atom. The van der Waals surface area contributed by atoms with Gasteiger partial charge in [-0.25, -0.2) is 4.79 Å². The van der Waals surface area contributed by atoms with Gasteiger partial charge in [-0.1, -0.05) is 18.2 Å². The zero-order valence-electron chi connectivity index (χ0n) is 9.60. The first-order valence-electron chi connectivity index (χ1n) is 5.13. The largest absolute Gasteiger partial charge is 0.442 e. The van der Waals surface area contributed by atoms with Crippen LogP contribution in [0.2, 0.25) is 0 Å². The van der Waals surface area contributed by atoms with Crippen molar-refractivity contribution in [2.75, 3.05) is 0 Å². The molecule has 0 fully saturated rings. The van der Waals surface area contributed by atoms with Crippen LogP contribution in [0.3, 0.4) is 0 Å². The smallest absolute Gasteiger partial charge is 0.435 e. The summed E-state index contributed by atoms with van der Waals surface area (Å²) in [6.45, 7) is 5.49. The number of benzene rings is 1. The van der Waals surface area contributed by atoms with E-state index in [0.717, 1.165) is 10.9 Å². The number of aromatic nitrogens is 2. The van der Waals surface area contributed by atoms with Gasteiger partial charge in [0.1, 0.15) is 5.60 Å². The van der Waals surface area contributed by atoms with Gasteiger partial charge >= 0.3 is 6.09 Å². The van der Waals surface area contributed by atoms with Crippen molar-refractivity contribution in [2.45, 2.75) is 26.4 Å². The van der Waals surface area contributed by atoms with Gasteiger partial charge in [-0.15, -0.1) is 0 Å². The van der Waals surface area contributed by atoms with E-state index < -0.39 is 11.7 Å². The van der Waals surface area contributed by atoms with Gasteiger partial charge in [-0.3, -0.25) is 0 Å². The standard InChI is InChI=1S/C12H14N2O2/c1-12(2,3)16-11(15)14-10-7-5-4-6-9(10)8-13-14/h4-8H,1-3H3. The Morgan fingerprint density at radius 1 is 1.31 bits per heavy atom. The van der Waals surface area contributed by atoms with Crippen molar-refractivity contribution in [3.8, 4) is 0 Å². The molecule has 84 valence electrons. The third-order valence-corrected chi connectivity index (χ3v) is 2.04. The van der Waals surface area contributed by atoms with E-state index in [1.54, 1.807) is 6.20 Å². The highest BCUT2D eigenvalue weighted by molar-refractivity contribution is 5.87. The normalized spacial score (nSPS) is 11.7. The molecular weight excluding hydrogens is 204 g/mol. The maximum Gasteiger partial charge on any atom is 0.435 e. The van der Waals surface area contributed by atoms with Gasteiger partial charge in [0, 0.05) is 5.39 Å². The number of rotatable bonds is 0. The van der Waals surface area contributed by atoms with Crippen molar-refractivity contribution in [3.63, 3.8) is 0 Å². The van der Waals surface area contributed by atoms with Crippen LogP contribution in [0.4, 0.5) is 4.79 Å². The van der Waals surface area contributed by atoms with Crippen LogP contribution in [-0.2, 0) is 4.74 Å². The van der Waals surface area contributed by atoms with Gasteiger partial charge in [0.15, 0.2) is 0 Å². The van der Waals surface area contributed by atoms with Crippen molar-refractivity contribution in [1.82, 2.24) is 9.78 Å². The van der Waals surface area contributed by atoms with Crippen LogP contribution in [-0.4, -0.2) is 21.5 Å². The highest BCUT2D eigenvalue weighted by Crippen LogP contribution is 2.15. The summed E-state index contributed by atoms with van der Waals surface area (Å²) in [6, 6.07) is 7.52. The number of hydrogen-bond donors (Lipinski definition) is 0. The highest BCUT2D eigenvalue weighted by Gasteiger charge is 2.19. The van der Waals surface area contributed by atoms with Crippen molar-refractivity contribution in [2.24, 2.45) is 0 Å². The number of hydrogen-bond acceptors (Lipinski definition) is 3. The van der Waals surface area contributed by atoms with Gasteiger partial charge in [0.05, 0.1) is 11.7 Å². The Balaban J connectivity index is 2.37. The summed E-state index contributed by atoms with van der Waals surface area (Å²) in [6.07, 6.45) is 1.20. The maximum absolute atomic E-state index is 11.8. The summed E-state index contributed by atoms with van der Waals surface area (Å²) in [5.74, 6) is 0. The fourth-order valence-electron chi connectivity index (χ4n) is 1.42. The molecule has 0 spiro atoms. The minimum absolute atomic E-state index is 0.450. The minimum Gasteiger partial charge on any atom is -0.442 e. The second-order valence-corrected chi connectivity index (χ2v) is 4.60. The molecule has 0 unspecified atom stereocenters. The Bertz CT molecular complexity index is 523. The second-order valence-electron chi connectivity index (χ2n) is 4.60. The van der Waals surface area contributed by atoms with E-state index in [2.05, 4.69) is 5.10 Å². The summed E-state index contributed by atoms with van der Waals surface area (Å²) in [5.41, 5.74) is 0.251. The fraction of sp³-hybridized carbons (Fsp3) is 0.333. The van der Waals surface area contributed by atoms with Gasteiger partial charge in [0.25, 0.3) is 0 Å². The Morgan fingerprint density at radius 2 is 2.00 bits per heavy atom. The molecule has 0 amide bonds. The molecular formula is C12H14N2O2. The molecule has 16 heavy (non-hydrogen) atoms. The lowest BCUT2D eigenvalue weighted by molar-refractivity contribution is 0.0523. The number of nitrogens with zero attached hydrogens (tertiary/aromatic N) is 2. The van der Waals surface area contributed by atoms with E-state index in [4.69, 9.17) is 4.74 Å². The molecule has 1 heterocycles. The topological polar surface area (TPSA) is 44.1 Å². The van der Waals surface area contributed by atoms with Crippen LogP contribution in [0.5, 0.6) is 0 Å². The van der Waals surface area contributed by atoms with Gasteiger partial charge < -0.3 is 4.74 Å². The summed E-state index contributed by atoms with van der Waals surface area (Å²) >= 11 is 0. The molecule has 0 atom stereocenters. The second kappa shape index (κ2) is 3.63. The molecule has 1 aromatic heterocycles. The minimum atomic E-state index is -0.510. The first-order chi connectivity index (χ1) is 7.47. The Hall–Kier alpha value is -1.84. The van der Waals surface area contributed by atoms with E-state index in [0.29, 0.717) is 0 Å². The van der Waals surface area contributed by atoms with E-state index in [1.165, 1.54) is 4.68 Å². The first-order valence-corrected chi connectivity index (χ1v) is 5.13. The third kappa shape index (κ3) is 2.05. The van der Waals surface area contributed by atoms with Crippen LogP contribution < -0.4 is 0 Å². The lowest BCUT2D eigenvalue weighted by atomic mass is 10.2. The molecule has 0 aliphatic heterocycles. The lowest BCUT2D eigenvalue weighted by Crippen LogP contribution is -2.27. The van der Waals surface area contributed by atoms with E-state index in [-0.39, 0.29) is 0 Å². The van der Waals surface area contributed by atoms with Crippen LogP contribution in [0.15, 0.2) is 30.5 Å². The molecule has 2 rings (SSSR count). The molecule has 4 heteroatoms. The average molecular weight is 218 g/mol. The molecule has 0 aliphatic rings. The highest BCUT2D eigenvalue weighted by atomic mass is 16.6. The number of carbonyl (C=O) groups is 1. The molecule has 0 N–H and O–H groups in total. The zero-order valence-corrected chi connectivity index (χ0v) is 9.60. The zero-order chi connectivity index (χ0) is 11.8. The van der Waals surface area contributed by atoms with E-state index in [1.807, 2.05) is 45.0 Å². The summed E-state index contributed by atoms with van der Waals surface area (Å²) < 4.78 is 6.53. The summed E-state index contributed by atoms with van der Waals surface area (Å²) in [4.78, 5) is 11.8. The number of carbonyl (C=O) groups excluding carboxylic acids is 1. The van der Waals surface area contributed by atoms with Gasteiger partial charge in [-0.2, -0.15) is 9.78 Å². The number of para-hydroxylation sites is 1. The van der Waals surface area contributed by atoms with Crippen molar-refractivity contribution >= 4 is 17.0 Å². The molecule has 0 saturated carbocycles. The summed E-state index contributed by atoms with van der Waals surface area (Å²) in [5, 5.41) is 4.95. The molecule has 0 radical (unpaired) electrons. The van der Waals surface area contributed by atoms with Gasteiger partial charge in [-0.05, 0) is 26.8 Å². The quantitative estimate of drug-likeness (QED) is 0.683. The molecule has 0 saturated heterocycles. The van der Waals surface area contributed by atoms with Crippen molar-refractivity contribution in [3.05, 3.63) is 30.5 Å². The molecule has 0 bridgehead atoms. The van der Waals surface area contributed by atoms with Crippen LogP contribution in [0, 0.1) is 0 Å². The third-order valence-electron chi connectivity index (χ3n) is 2.04. The fourth-order valence-corrected chi connectivity index (χ4v) is 1.42. The van der Waals surface area contributed by atoms with Crippen LogP contribution >= 0.6 is 0 Å². The summed E-state index contributed by atoms with van der Waals surface area (Å²) in [7, 11) is 0. The SMILES string of the molecule is CC(C)(C)OC(=O)n1ncc2ccccc21. The van der Waals surface area contributed by atoms with E-state index >= 15 is 0 Å². The first kappa shape index (κ1) is 10.7.